The third-order valence-electron chi connectivity index (χ3n) is 3.36. The van der Waals surface area contributed by atoms with Gasteiger partial charge in [0.05, 0.1) is 12.5 Å². The highest BCUT2D eigenvalue weighted by atomic mass is 19.4. The zero-order valence-electron chi connectivity index (χ0n) is 11.8. The Morgan fingerprint density at radius 2 is 2.00 bits per heavy atom. The molecule has 1 aliphatic heterocycles. The summed E-state index contributed by atoms with van der Waals surface area (Å²) >= 11 is 0. The molecule has 23 heavy (non-hydrogen) atoms. The summed E-state index contributed by atoms with van der Waals surface area (Å²) in [4.78, 5) is 11.9. The minimum atomic E-state index is -4.86. The number of hydrogen-bond acceptors (Lipinski definition) is 3. The van der Waals surface area contributed by atoms with Gasteiger partial charge in [-0.15, -0.1) is 0 Å². The van der Waals surface area contributed by atoms with Crippen LogP contribution in [-0.4, -0.2) is 31.9 Å². The molecule has 1 aliphatic rings. The van der Waals surface area contributed by atoms with E-state index >= 15 is 0 Å². The molecule has 1 fully saturated rings. The van der Waals surface area contributed by atoms with Gasteiger partial charge in [-0.25, -0.2) is 0 Å². The minimum absolute atomic E-state index is 0.0333. The van der Waals surface area contributed by atoms with Crippen molar-refractivity contribution < 1.29 is 36.2 Å². The number of rotatable bonds is 5. The normalized spacial score (nSPS) is 19.7. The Morgan fingerprint density at radius 1 is 1.30 bits per heavy atom. The van der Waals surface area contributed by atoms with Crippen LogP contribution in [0, 0.1) is 5.92 Å². The van der Waals surface area contributed by atoms with E-state index in [1.165, 1.54) is 12.1 Å². The third-order valence-corrected chi connectivity index (χ3v) is 3.36. The Kier molecular flexibility index (Phi) is 5.40. The van der Waals surface area contributed by atoms with Crippen LogP contribution in [0.5, 0.6) is 5.75 Å². The smallest absolute Gasteiger partial charge is 0.413 e. The van der Waals surface area contributed by atoms with Crippen LogP contribution in [0.15, 0.2) is 24.3 Å². The van der Waals surface area contributed by atoms with Gasteiger partial charge in [-0.3, -0.25) is 4.79 Å². The molecular weight excluding hydrogens is 325 g/mol. The second-order valence-corrected chi connectivity index (χ2v) is 4.96. The van der Waals surface area contributed by atoms with Gasteiger partial charge in [-0.05, 0) is 12.5 Å². The minimum Gasteiger partial charge on any atom is -0.434 e. The van der Waals surface area contributed by atoms with Crippen molar-refractivity contribution in [1.82, 2.24) is 5.32 Å². The van der Waals surface area contributed by atoms with Crippen LogP contribution in [-0.2, 0) is 9.53 Å². The first kappa shape index (κ1) is 17.5. The maximum atomic E-state index is 13.3. The van der Waals surface area contributed by atoms with Crippen molar-refractivity contribution in [3.05, 3.63) is 29.8 Å². The van der Waals surface area contributed by atoms with Crippen molar-refractivity contribution in [2.24, 2.45) is 5.92 Å². The summed E-state index contributed by atoms with van der Waals surface area (Å²) in [6.45, 7) is -2.95. The molecule has 0 radical (unpaired) electrons. The third kappa shape index (κ3) is 4.54. The maximum Gasteiger partial charge on any atom is 0.413 e. The quantitative estimate of drug-likeness (QED) is 0.839. The van der Waals surface area contributed by atoms with Crippen molar-refractivity contribution in [2.75, 3.05) is 13.2 Å². The molecule has 0 aromatic heterocycles. The summed E-state index contributed by atoms with van der Waals surface area (Å²) in [5, 5.41) is 1.86. The molecule has 9 heteroatoms. The van der Waals surface area contributed by atoms with E-state index in [2.05, 4.69) is 4.74 Å². The fourth-order valence-corrected chi connectivity index (χ4v) is 2.26. The van der Waals surface area contributed by atoms with Gasteiger partial charge in [0.1, 0.15) is 5.75 Å². The molecule has 2 rings (SSSR count). The maximum absolute atomic E-state index is 13.3. The molecule has 1 saturated heterocycles. The summed E-state index contributed by atoms with van der Waals surface area (Å²) in [5.41, 5.74) is -0.576. The first-order valence-electron chi connectivity index (χ1n) is 6.77. The van der Waals surface area contributed by atoms with Crippen LogP contribution in [0.25, 0.3) is 0 Å². The molecule has 1 amide bonds. The first-order valence-corrected chi connectivity index (χ1v) is 6.77. The molecule has 0 aliphatic carbocycles. The van der Waals surface area contributed by atoms with E-state index in [0.29, 0.717) is 13.0 Å². The molecule has 0 saturated carbocycles. The number of amides is 1. The van der Waals surface area contributed by atoms with Gasteiger partial charge in [0.15, 0.2) is 6.04 Å². The predicted octanol–water partition coefficient (Wildman–Crippen LogP) is 3.04. The number of halogens is 5. The molecule has 0 spiro atoms. The highest BCUT2D eigenvalue weighted by Gasteiger charge is 2.44. The lowest BCUT2D eigenvalue weighted by Gasteiger charge is -2.25. The molecule has 2 atom stereocenters. The average molecular weight is 339 g/mol. The van der Waals surface area contributed by atoms with Crippen molar-refractivity contribution in [1.29, 1.82) is 0 Å². The van der Waals surface area contributed by atoms with Gasteiger partial charge >= 0.3 is 12.8 Å². The summed E-state index contributed by atoms with van der Waals surface area (Å²) in [7, 11) is 0. The Bertz CT molecular complexity index is 543. The van der Waals surface area contributed by atoms with Gasteiger partial charge < -0.3 is 14.8 Å². The lowest BCUT2D eigenvalue weighted by Crippen LogP contribution is -2.41. The fraction of sp³-hybridized carbons (Fsp3) is 0.500. The Hall–Kier alpha value is -1.90. The zero-order valence-corrected chi connectivity index (χ0v) is 11.8. The molecule has 0 unspecified atom stereocenters. The van der Waals surface area contributed by atoms with Crippen LogP contribution in [0.3, 0.4) is 0 Å². The van der Waals surface area contributed by atoms with E-state index in [1.807, 2.05) is 5.32 Å². The average Bonchev–Trinajstić information content (AvgIpc) is 2.98. The van der Waals surface area contributed by atoms with E-state index in [-0.39, 0.29) is 6.61 Å². The van der Waals surface area contributed by atoms with Crippen molar-refractivity contribution >= 4 is 5.91 Å². The Labute approximate surface area is 128 Å². The number of ether oxygens (including phenoxy) is 2. The van der Waals surface area contributed by atoms with Crippen LogP contribution in [0.1, 0.15) is 18.0 Å². The van der Waals surface area contributed by atoms with Gasteiger partial charge in [-0.1, -0.05) is 18.2 Å². The van der Waals surface area contributed by atoms with Crippen LogP contribution in [0.4, 0.5) is 22.0 Å². The van der Waals surface area contributed by atoms with Crippen LogP contribution < -0.4 is 10.1 Å². The summed E-state index contributed by atoms with van der Waals surface area (Å²) in [6.07, 6.45) is -4.55. The Balaban J connectivity index is 2.27. The summed E-state index contributed by atoms with van der Waals surface area (Å²) in [6, 6.07) is 2.05. The lowest BCUT2D eigenvalue weighted by atomic mass is 10.0. The monoisotopic (exact) mass is 339 g/mol. The number of para-hydroxylation sites is 1. The van der Waals surface area contributed by atoms with E-state index in [9.17, 15) is 26.7 Å². The SMILES string of the molecule is O=C(N[C@H](c1ccccc1OC(F)F)C(F)(F)F)[C@H]1CCOC1. The standard InChI is InChI=1S/C14H14F5NO3/c15-13(16)23-10-4-2-1-3-9(10)11(14(17,18)19)20-12(21)8-5-6-22-7-8/h1-4,8,11,13H,5-7H2,(H,20,21)/t8-,11+/m0/s1. The van der Waals surface area contributed by atoms with E-state index in [4.69, 9.17) is 4.74 Å². The lowest BCUT2D eigenvalue weighted by molar-refractivity contribution is -0.165. The highest BCUT2D eigenvalue weighted by Crippen LogP contribution is 2.38. The molecule has 1 heterocycles. The number of nitrogens with one attached hydrogen (secondary N) is 1. The van der Waals surface area contributed by atoms with E-state index in [0.717, 1.165) is 12.1 Å². The van der Waals surface area contributed by atoms with Crippen molar-refractivity contribution in [2.45, 2.75) is 25.3 Å². The van der Waals surface area contributed by atoms with Crippen molar-refractivity contribution in [3.63, 3.8) is 0 Å². The Morgan fingerprint density at radius 3 is 2.57 bits per heavy atom. The van der Waals surface area contributed by atoms with Gasteiger partial charge in [0, 0.05) is 12.2 Å². The van der Waals surface area contributed by atoms with Crippen LogP contribution in [0.2, 0.25) is 0 Å². The zero-order chi connectivity index (χ0) is 17.0. The molecule has 4 nitrogen and oxygen atoms in total. The number of alkyl halides is 5. The number of carbonyl (C=O) groups excluding carboxylic acids is 1. The number of carbonyl (C=O) groups is 1. The van der Waals surface area contributed by atoms with Crippen LogP contribution >= 0.6 is 0 Å². The molecule has 1 aromatic carbocycles. The van der Waals surface area contributed by atoms with E-state index < -0.39 is 42.0 Å². The molecule has 128 valence electrons. The van der Waals surface area contributed by atoms with Crippen molar-refractivity contribution in [3.8, 4) is 5.75 Å². The molecule has 1 aromatic rings. The van der Waals surface area contributed by atoms with Gasteiger partial charge in [-0.2, -0.15) is 22.0 Å². The van der Waals surface area contributed by atoms with Gasteiger partial charge in [0.25, 0.3) is 0 Å². The second kappa shape index (κ2) is 7.12. The van der Waals surface area contributed by atoms with E-state index in [1.54, 1.807) is 0 Å². The summed E-state index contributed by atoms with van der Waals surface area (Å²) < 4.78 is 73.6. The molecular formula is C14H14F5NO3. The molecule has 0 bridgehead atoms. The van der Waals surface area contributed by atoms with Gasteiger partial charge in [0.2, 0.25) is 5.91 Å². The highest BCUT2D eigenvalue weighted by molar-refractivity contribution is 5.79. The topological polar surface area (TPSA) is 47.6 Å². The largest absolute Gasteiger partial charge is 0.434 e. The molecule has 1 N–H and O–H groups in total. The summed E-state index contributed by atoms with van der Waals surface area (Å²) in [5.74, 6) is -2.16. The predicted molar refractivity (Wildman–Crippen MR) is 68.9 cm³/mol. The fourth-order valence-electron chi connectivity index (χ4n) is 2.26. The second-order valence-electron chi connectivity index (χ2n) is 4.96. The number of hydrogen-bond donors (Lipinski definition) is 1. The number of benzene rings is 1. The first-order chi connectivity index (χ1) is 10.8.